The van der Waals surface area contributed by atoms with E-state index in [-0.39, 0.29) is 22.6 Å². The Labute approximate surface area is 127 Å². The third kappa shape index (κ3) is 2.76. The van der Waals surface area contributed by atoms with Crippen LogP contribution in [0.2, 0.25) is 0 Å². The van der Waals surface area contributed by atoms with Crippen molar-refractivity contribution in [1.82, 2.24) is 4.90 Å². The largest absolute Gasteiger partial charge is 0.334 e. The Kier molecular flexibility index (Phi) is 4.11. The summed E-state index contributed by atoms with van der Waals surface area (Å²) < 4.78 is 13.2. The molecule has 1 aliphatic carbocycles. The lowest BCUT2D eigenvalue weighted by molar-refractivity contribution is -0.130. The van der Waals surface area contributed by atoms with Crippen LogP contribution < -0.4 is 0 Å². The quantitative estimate of drug-likeness (QED) is 0.760. The first kappa shape index (κ1) is 14.1. The molecule has 2 atom stereocenters. The van der Waals surface area contributed by atoms with E-state index in [4.69, 9.17) is 0 Å². The molecule has 4 heteroatoms. The zero-order valence-electron chi connectivity index (χ0n) is 11.4. The SMILES string of the molecule is O=C1CC(Br)CN1C(c1ccc(F)cc1)C1CCCC1. The smallest absolute Gasteiger partial charge is 0.224 e. The summed E-state index contributed by atoms with van der Waals surface area (Å²) in [7, 11) is 0. The molecule has 3 rings (SSSR count). The normalized spacial score (nSPS) is 25.4. The molecule has 20 heavy (non-hydrogen) atoms. The van der Waals surface area contributed by atoms with Crippen molar-refractivity contribution in [3.05, 3.63) is 35.6 Å². The molecule has 2 aliphatic rings. The van der Waals surface area contributed by atoms with Crippen LogP contribution in [-0.4, -0.2) is 22.2 Å². The lowest BCUT2D eigenvalue weighted by Crippen LogP contribution is -2.34. The molecular weight excluding hydrogens is 321 g/mol. The molecule has 1 saturated heterocycles. The molecule has 108 valence electrons. The summed E-state index contributed by atoms with van der Waals surface area (Å²) in [5.74, 6) is 0.514. The fraction of sp³-hybridized carbons (Fsp3) is 0.562. The summed E-state index contributed by atoms with van der Waals surface area (Å²) in [5, 5.41) is 0. The van der Waals surface area contributed by atoms with Gasteiger partial charge in [-0.05, 0) is 36.5 Å². The second kappa shape index (κ2) is 5.84. The minimum absolute atomic E-state index is 0.119. The molecule has 2 fully saturated rings. The summed E-state index contributed by atoms with van der Waals surface area (Å²) in [6, 6.07) is 6.81. The maximum Gasteiger partial charge on any atom is 0.224 e. The minimum atomic E-state index is -0.218. The van der Waals surface area contributed by atoms with Gasteiger partial charge >= 0.3 is 0 Å². The Hall–Kier alpha value is -0.900. The number of carbonyl (C=O) groups excluding carboxylic acids is 1. The second-order valence-electron chi connectivity index (χ2n) is 5.89. The van der Waals surface area contributed by atoms with Gasteiger partial charge in [-0.25, -0.2) is 4.39 Å². The summed E-state index contributed by atoms with van der Waals surface area (Å²) in [5.41, 5.74) is 1.08. The number of hydrogen-bond acceptors (Lipinski definition) is 1. The number of benzene rings is 1. The molecule has 0 radical (unpaired) electrons. The van der Waals surface area contributed by atoms with Gasteiger partial charge in [-0.2, -0.15) is 0 Å². The van der Waals surface area contributed by atoms with E-state index in [1.807, 2.05) is 17.0 Å². The van der Waals surface area contributed by atoms with Gasteiger partial charge in [-0.1, -0.05) is 40.9 Å². The Bertz CT molecular complexity index is 484. The zero-order valence-corrected chi connectivity index (χ0v) is 13.0. The van der Waals surface area contributed by atoms with Crippen molar-refractivity contribution in [3.8, 4) is 0 Å². The summed E-state index contributed by atoms with van der Waals surface area (Å²) >= 11 is 3.56. The van der Waals surface area contributed by atoms with Gasteiger partial charge in [0, 0.05) is 17.8 Å². The highest BCUT2D eigenvalue weighted by Gasteiger charge is 2.38. The van der Waals surface area contributed by atoms with Gasteiger partial charge in [0.05, 0.1) is 6.04 Å². The van der Waals surface area contributed by atoms with E-state index in [9.17, 15) is 9.18 Å². The molecule has 0 bridgehead atoms. The topological polar surface area (TPSA) is 20.3 Å². The molecule has 1 aromatic carbocycles. The predicted molar refractivity (Wildman–Crippen MR) is 80.1 cm³/mol. The number of halogens is 2. The van der Waals surface area contributed by atoms with Crippen LogP contribution in [0.1, 0.15) is 43.7 Å². The highest BCUT2D eigenvalue weighted by molar-refractivity contribution is 9.09. The third-order valence-corrected chi connectivity index (χ3v) is 5.12. The predicted octanol–water partition coefficient (Wildman–Crippen LogP) is 4.05. The van der Waals surface area contributed by atoms with Gasteiger partial charge in [0.25, 0.3) is 0 Å². The van der Waals surface area contributed by atoms with Crippen molar-refractivity contribution in [3.63, 3.8) is 0 Å². The molecule has 1 aromatic rings. The molecule has 1 saturated carbocycles. The Balaban J connectivity index is 1.91. The fourth-order valence-electron chi connectivity index (χ4n) is 3.59. The number of hydrogen-bond donors (Lipinski definition) is 0. The van der Waals surface area contributed by atoms with Crippen molar-refractivity contribution in [2.24, 2.45) is 5.92 Å². The first-order valence-corrected chi connectivity index (χ1v) is 8.25. The average molecular weight is 340 g/mol. The maximum atomic E-state index is 13.2. The fourth-order valence-corrected chi connectivity index (χ4v) is 4.18. The highest BCUT2D eigenvalue weighted by Crippen LogP contribution is 2.41. The Morgan fingerprint density at radius 1 is 1.20 bits per heavy atom. The number of alkyl halides is 1. The van der Waals surface area contributed by atoms with E-state index in [1.54, 1.807) is 0 Å². The van der Waals surface area contributed by atoms with Gasteiger partial charge < -0.3 is 4.90 Å². The number of amides is 1. The Morgan fingerprint density at radius 3 is 2.40 bits per heavy atom. The first-order chi connectivity index (χ1) is 9.65. The van der Waals surface area contributed by atoms with E-state index >= 15 is 0 Å². The second-order valence-corrected chi connectivity index (χ2v) is 7.18. The zero-order chi connectivity index (χ0) is 14.1. The van der Waals surface area contributed by atoms with E-state index in [0.29, 0.717) is 12.3 Å². The van der Waals surface area contributed by atoms with E-state index in [1.165, 1.54) is 37.8 Å². The van der Waals surface area contributed by atoms with E-state index in [2.05, 4.69) is 15.9 Å². The van der Waals surface area contributed by atoms with Crippen LogP contribution in [0.25, 0.3) is 0 Å². The molecule has 2 unspecified atom stereocenters. The number of carbonyl (C=O) groups is 1. The molecule has 0 N–H and O–H groups in total. The van der Waals surface area contributed by atoms with Crippen LogP contribution in [0.4, 0.5) is 4.39 Å². The van der Waals surface area contributed by atoms with Gasteiger partial charge in [0.2, 0.25) is 5.91 Å². The lowest BCUT2D eigenvalue weighted by Gasteiger charge is -2.33. The summed E-state index contributed by atoms with van der Waals surface area (Å²) in [6.07, 6.45) is 5.38. The van der Waals surface area contributed by atoms with Crippen LogP contribution in [-0.2, 0) is 4.79 Å². The number of likely N-dealkylation sites (tertiary alicyclic amines) is 1. The molecule has 2 nitrogen and oxygen atoms in total. The van der Waals surface area contributed by atoms with Gasteiger partial charge in [0.15, 0.2) is 0 Å². The van der Waals surface area contributed by atoms with Crippen LogP contribution >= 0.6 is 15.9 Å². The lowest BCUT2D eigenvalue weighted by atomic mass is 9.90. The van der Waals surface area contributed by atoms with Crippen molar-refractivity contribution >= 4 is 21.8 Å². The number of nitrogens with zero attached hydrogens (tertiary/aromatic N) is 1. The summed E-state index contributed by atoms with van der Waals surface area (Å²) in [4.78, 5) is 14.5. The van der Waals surface area contributed by atoms with Crippen LogP contribution in [0.15, 0.2) is 24.3 Å². The van der Waals surface area contributed by atoms with Gasteiger partial charge in [0.1, 0.15) is 5.82 Å². The molecular formula is C16H19BrFNO. The highest BCUT2D eigenvalue weighted by atomic mass is 79.9. The van der Waals surface area contributed by atoms with Crippen molar-refractivity contribution in [2.75, 3.05) is 6.54 Å². The van der Waals surface area contributed by atoms with E-state index in [0.717, 1.165) is 12.1 Å². The monoisotopic (exact) mass is 339 g/mol. The number of rotatable bonds is 3. The van der Waals surface area contributed by atoms with E-state index < -0.39 is 0 Å². The first-order valence-electron chi connectivity index (χ1n) is 7.34. The van der Waals surface area contributed by atoms with Crippen molar-refractivity contribution in [1.29, 1.82) is 0 Å². The maximum absolute atomic E-state index is 13.2. The van der Waals surface area contributed by atoms with Crippen molar-refractivity contribution < 1.29 is 9.18 Å². The van der Waals surface area contributed by atoms with Crippen LogP contribution in [0.5, 0.6) is 0 Å². The Morgan fingerprint density at radius 2 is 1.85 bits per heavy atom. The molecule has 0 spiro atoms. The molecule has 1 amide bonds. The van der Waals surface area contributed by atoms with Gasteiger partial charge in [-0.3, -0.25) is 4.79 Å². The van der Waals surface area contributed by atoms with Crippen molar-refractivity contribution in [2.45, 2.75) is 43.0 Å². The third-order valence-electron chi connectivity index (χ3n) is 4.50. The summed E-state index contributed by atoms with van der Waals surface area (Å²) in [6.45, 7) is 0.761. The molecule has 1 heterocycles. The molecule has 1 aliphatic heterocycles. The molecule has 0 aromatic heterocycles. The van der Waals surface area contributed by atoms with Gasteiger partial charge in [-0.15, -0.1) is 0 Å². The van der Waals surface area contributed by atoms with Crippen LogP contribution in [0, 0.1) is 11.7 Å². The average Bonchev–Trinajstić information content (AvgIpc) is 3.03. The minimum Gasteiger partial charge on any atom is -0.334 e. The van der Waals surface area contributed by atoms with Crippen LogP contribution in [0.3, 0.4) is 0 Å². The standard InChI is InChI=1S/C16H19BrFNO/c17-13-9-15(20)19(10-13)16(11-3-1-2-4-11)12-5-7-14(18)8-6-12/h5-8,11,13,16H,1-4,9-10H2.